The smallest absolute Gasteiger partial charge is 0.222 e. The van der Waals surface area contributed by atoms with Crippen LogP contribution < -0.4 is 5.73 Å². The van der Waals surface area contributed by atoms with E-state index in [0.717, 1.165) is 34.3 Å². The highest BCUT2D eigenvalue weighted by atomic mass is 32.2. The number of allylic oxidation sites excluding steroid dienone is 1. The van der Waals surface area contributed by atoms with Crippen LogP contribution in [0.4, 0.5) is 5.95 Å². The summed E-state index contributed by atoms with van der Waals surface area (Å²) in [6.45, 7) is 7.11. The van der Waals surface area contributed by atoms with Crippen LogP contribution >= 0.6 is 11.8 Å². The van der Waals surface area contributed by atoms with Gasteiger partial charge in [-0.05, 0) is 18.6 Å². The van der Waals surface area contributed by atoms with E-state index in [1.165, 1.54) is 11.8 Å². The fourth-order valence-corrected chi connectivity index (χ4v) is 4.55. The summed E-state index contributed by atoms with van der Waals surface area (Å²) < 4.78 is 3.96. The summed E-state index contributed by atoms with van der Waals surface area (Å²) >= 11 is 1.34. The van der Waals surface area contributed by atoms with Crippen LogP contribution in [0, 0.1) is 0 Å². The van der Waals surface area contributed by atoms with Gasteiger partial charge in [0.2, 0.25) is 5.95 Å². The van der Waals surface area contributed by atoms with E-state index in [9.17, 15) is 4.79 Å². The average Bonchev–Trinajstić information content (AvgIpc) is 3.30. The Bertz CT molecular complexity index is 1210. The Morgan fingerprint density at radius 3 is 2.57 bits per heavy atom. The molecule has 0 radical (unpaired) electrons. The summed E-state index contributed by atoms with van der Waals surface area (Å²) in [5.41, 5.74) is 9.67. The predicted octanol–water partition coefficient (Wildman–Crippen LogP) is 4.66. The molecule has 0 aliphatic carbocycles. The van der Waals surface area contributed by atoms with Crippen LogP contribution in [0.25, 0.3) is 22.2 Å². The number of hydrogen-bond acceptors (Lipinski definition) is 5. The Kier molecular flexibility index (Phi) is 5.72. The first-order valence-electron chi connectivity index (χ1n) is 9.77. The Hall–Kier alpha value is -3.32. The van der Waals surface area contributed by atoms with Crippen molar-refractivity contribution >= 4 is 34.4 Å². The number of thioether (sulfide) groups is 1. The van der Waals surface area contributed by atoms with Gasteiger partial charge in [-0.25, -0.2) is 0 Å². The van der Waals surface area contributed by atoms with Crippen LogP contribution in [-0.4, -0.2) is 30.9 Å². The number of rotatable bonds is 8. The molecular weight excluding hydrogens is 394 g/mol. The highest BCUT2D eigenvalue weighted by Crippen LogP contribution is 2.35. The number of anilines is 1. The lowest BCUT2D eigenvalue weighted by molar-refractivity contribution is 0.102. The summed E-state index contributed by atoms with van der Waals surface area (Å²) in [6, 6.07) is 18.1. The van der Waals surface area contributed by atoms with Crippen LogP contribution in [-0.2, 0) is 13.1 Å². The van der Waals surface area contributed by atoms with E-state index in [4.69, 9.17) is 5.73 Å². The molecule has 0 aliphatic rings. The van der Waals surface area contributed by atoms with Gasteiger partial charge in [0.25, 0.3) is 0 Å². The summed E-state index contributed by atoms with van der Waals surface area (Å²) in [5.74, 6) is 0.610. The Labute approximate surface area is 179 Å². The second kappa shape index (κ2) is 8.59. The molecule has 2 N–H and O–H groups in total. The average molecular weight is 418 g/mol. The molecule has 7 heteroatoms. The zero-order chi connectivity index (χ0) is 21.1. The second-order valence-electron chi connectivity index (χ2n) is 6.80. The Morgan fingerprint density at radius 1 is 1.10 bits per heavy atom. The number of aryl methyl sites for hydroxylation is 1. The molecule has 4 aromatic rings. The van der Waals surface area contributed by atoms with Crippen molar-refractivity contribution in [3.8, 4) is 11.3 Å². The number of nitrogens with zero attached hydrogens (tertiary/aromatic N) is 4. The van der Waals surface area contributed by atoms with E-state index in [-0.39, 0.29) is 11.5 Å². The van der Waals surface area contributed by atoms with Gasteiger partial charge in [0, 0.05) is 24.0 Å². The zero-order valence-electron chi connectivity index (χ0n) is 16.8. The fraction of sp³-hybridized carbons (Fsp3) is 0.174. The predicted molar refractivity (Wildman–Crippen MR) is 123 cm³/mol. The molecular formula is C23H23N5OS. The third kappa shape index (κ3) is 3.52. The number of para-hydroxylation sites is 1. The van der Waals surface area contributed by atoms with Crippen LogP contribution in [0.15, 0.2) is 72.4 Å². The van der Waals surface area contributed by atoms with Crippen LogP contribution in [0.2, 0.25) is 0 Å². The van der Waals surface area contributed by atoms with Gasteiger partial charge < -0.3 is 10.3 Å². The lowest BCUT2D eigenvalue weighted by atomic mass is 10.0. The molecule has 152 valence electrons. The number of carbonyl (C=O) groups is 1. The minimum absolute atomic E-state index is 0.0500. The summed E-state index contributed by atoms with van der Waals surface area (Å²) in [6.07, 6.45) is 1.73. The van der Waals surface area contributed by atoms with E-state index in [1.54, 1.807) is 10.6 Å². The summed E-state index contributed by atoms with van der Waals surface area (Å²) in [7, 11) is 0. The van der Waals surface area contributed by atoms with Gasteiger partial charge in [0.05, 0.1) is 17.0 Å². The van der Waals surface area contributed by atoms with Crippen LogP contribution in [0.5, 0.6) is 0 Å². The molecule has 30 heavy (non-hydrogen) atoms. The van der Waals surface area contributed by atoms with Crippen molar-refractivity contribution in [2.75, 3.05) is 11.5 Å². The van der Waals surface area contributed by atoms with Crippen molar-refractivity contribution < 1.29 is 4.79 Å². The van der Waals surface area contributed by atoms with E-state index in [0.29, 0.717) is 17.6 Å². The fourth-order valence-electron chi connectivity index (χ4n) is 3.72. The van der Waals surface area contributed by atoms with Crippen molar-refractivity contribution in [3.63, 3.8) is 0 Å². The number of hydrogen-bond donors (Lipinski definition) is 1. The van der Waals surface area contributed by atoms with Crippen molar-refractivity contribution in [2.45, 2.75) is 25.2 Å². The van der Waals surface area contributed by atoms with Gasteiger partial charge in [-0.3, -0.25) is 9.36 Å². The molecule has 0 atom stereocenters. The normalized spacial score (nSPS) is 11.1. The summed E-state index contributed by atoms with van der Waals surface area (Å²) in [5, 5.41) is 9.62. The van der Waals surface area contributed by atoms with Crippen LogP contribution in [0.3, 0.4) is 0 Å². The van der Waals surface area contributed by atoms with Crippen molar-refractivity contribution in [3.05, 3.63) is 72.8 Å². The van der Waals surface area contributed by atoms with E-state index >= 15 is 0 Å². The van der Waals surface area contributed by atoms with Gasteiger partial charge in [-0.1, -0.05) is 66.4 Å². The van der Waals surface area contributed by atoms with Gasteiger partial charge in [0.1, 0.15) is 0 Å². The molecule has 0 unspecified atom stereocenters. The zero-order valence-corrected chi connectivity index (χ0v) is 17.6. The lowest BCUT2D eigenvalue weighted by Gasteiger charge is -2.10. The highest BCUT2D eigenvalue weighted by molar-refractivity contribution is 7.99. The molecule has 6 nitrogen and oxygen atoms in total. The minimum atomic E-state index is 0.0500. The third-order valence-corrected chi connectivity index (χ3v) is 5.97. The topological polar surface area (TPSA) is 78.7 Å². The molecule has 0 aliphatic heterocycles. The van der Waals surface area contributed by atoms with Crippen LogP contribution in [0.1, 0.15) is 17.3 Å². The number of ketones is 1. The number of benzene rings is 2. The molecule has 0 amide bonds. The number of fused-ring (bicyclic) bond motifs is 1. The molecule has 0 fully saturated rings. The maximum Gasteiger partial charge on any atom is 0.222 e. The molecule has 4 rings (SSSR count). The highest BCUT2D eigenvalue weighted by Gasteiger charge is 2.23. The van der Waals surface area contributed by atoms with Crippen molar-refractivity contribution in [1.29, 1.82) is 0 Å². The van der Waals surface area contributed by atoms with Crippen molar-refractivity contribution in [1.82, 2.24) is 19.3 Å². The number of carbonyl (C=O) groups excluding carboxylic acids is 1. The molecule has 2 aromatic carbocycles. The Morgan fingerprint density at radius 2 is 1.83 bits per heavy atom. The first-order valence-corrected chi connectivity index (χ1v) is 10.8. The van der Waals surface area contributed by atoms with E-state index < -0.39 is 0 Å². The number of aromatic nitrogens is 4. The van der Waals surface area contributed by atoms with E-state index in [1.807, 2.05) is 48.5 Å². The second-order valence-corrected chi connectivity index (χ2v) is 7.75. The monoisotopic (exact) mass is 417 g/mol. The first kappa shape index (κ1) is 20.0. The molecule has 0 saturated carbocycles. The molecule has 2 heterocycles. The van der Waals surface area contributed by atoms with Gasteiger partial charge in [-0.15, -0.1) is 16.8 Å². The third-order valence-electron chi connectivity index (χ3n) is 5.00. The minimum Gasteiger partial charge on any atom is -0.368 e. The Balaban J connectivity index is 1.76. The van der Waals surface area contributed by atoms with Gasteiger partial charge in [0.15, 0.2) is 10.9 Å². The quantitative estimate of drug-likeness (QED) is 0.256. The molecule has 2 aromatic heterocycles. The number of nitrogen functional groups attached to an aromatic ring is 1. The molecule has 0 spiro atoms. The lowest BCUT2D eigenvalue weighted by Crippen LogP contribution is -2.08. The van der Waals surface area contributed by atoms with E-state index in [2.05, 4.69) is 34.3 Å². The van der Waals surface area contributed by atoms with Crippen molar-refractivity contribution in [2.24, 2.45) is 0 Å². The summed E-state index contributed by atoms with van der Waals surface area (Å²) in [4.78, 5) is 13.5. The largest absolute Gasteiger partial charge is 0.368 e. The molecule has 0 bridgehead atoms. The number of nitrogens with two attached hydrogens (primary N) is 1. The SMILES string of the molecule is C=CCn1c(N)nnc1SCC(=O)c1c(-c2ccccc2)n(CC)c2ccccc12. The van der Waals surface area contributed by atoms with Gasteiger partial charge >= 0.3 is 0 Å². The number of Topliss-reactive ketones (excluding diaryl/α,β-unsaturated/α-hetero) is 1. The maximum atomic E-state index is 13.5. The maximum absolute atomic E-state index is 13.5. The first-order chi connectivity index (χ1) is 14.7. The van der Waals surface area contributed by atoms with Gasteiger partial charge in [-0.2, -0.15) is 0 Å². The standard InChI is InChI=1S/C23H23N5OS/c1-3-14-28-22(24)25-26-23(28)30-15-19(29)20-17-12-8-9-13-18(17)27(4-2)21(20)16-10-6-5-7-11-16/h3,5-13H,1,4,14-15H2,2H3,(H2,24,25). The molecule has 0 saturated heterocycles.